The van der Waals surface area contributed by atoms with Gasteiger partial charge in [0, 0.05) is 56.9 Å². The molecule has 0 saturated carbocycles. The lowest BCUT2D eigenvalue weighted by molar-refractivity contribution is -0.116. The predicted molar refractivity (Wildman–Crippen MR) is 248 cm³/mol. The van der Waals surface area contributed by atoms with Crippen LogP contribution in [-0.2, 0) is 20.9 Å². The number of aromatic nitrogens is 4. The van der Waals surface area contributed by atoms with Gasteiger partial charge in [0.2, 0.25) is 0 Å². The minimum atomic E-state index is -0.485. The van der Waals surface area contributed by atoms with E-state index in [2.05, 4.69) is 40.8 Å². The first kappa shape index (κ1) is 45.5. The van der Waals surface area contributed by atoms with E-state index in [4.69, 9.17) is 4.74 Å². The van der Waals surface area contributed by atoms with Gasteiger partial charge in [-0.15, -0.1) is 0 Å². The van der Waals surface area contributed by atoms with Crippen LogP contribution in [0, 0.1) is 11.6 Å². The van der Waals surface area contributed by atoms with Crippen molar-refractivity contribution in [2.24, 2.45) is 0 Å². The number of benzene rings is 3. The summed E-state index contributed by atoms with van der Waals surface area (Å²) in [6.45, 7) is 5.89. The molecule has 0 atom stereocenters. The van der Waals surface area contributed by atoms with Crippen LogP contribution in [0.2, 0.25) is 0 Å². The Labute approximate surface area is 386 Å². The molecule has 16 nitrogen and oxygen atoms in total. The van der Waals surface area contributed by atoms with Crippen molar-refractivity contribution in [1.82, 2.24) is 40.8 Å². The van der Waals surface area contributed by atoms with Crippen molar-refractivity contribution in [1.29, 1.82) is 0 Å². The maximum Gasteiger partial charge on any atom is 0.410 e. The lowest BCUT2D eigenvalue weighted by atomic mass is 10.1. The number of hydrogen-bond donors (Lipinski definition) is 3. The average molecular weight is 933 g/mol. The van der Waals surface area contributed by atoms with Gasteiger partial charge in [-0.05, 0) is 96.0 Å². The number of ether oxygens (including phenoxy) is 1. The molecule has 0 bridgehead atoms. The van der Waals surface area contributed by atoms with Gasteiger partial charge in [0.05, 0.1) is 46.0 Å². The molecule has 4 saturated heterocycles. The lowest BCUT2D eigenvalue weighted by Gasteiger charge is -2.22. The number of imide groups is 2. The van der Waals surface area contributed by atoms with Crippen LogP contribution in [-0.4, -0.2) is 106 Å². The van der Waals surface area contributed by atoms with E-state index < -0.39 is 33.9 Å². The summed E-state index contributed by atoms with van der Waals surface area (Å²) in [5.74, 6) is -0.557. The van der Waals surface area contributed by atoms with Gasteiger partial charge in [-0.25, -0.2) is 23.5 Å². The number of hydrogen-bond acceptors (Lipinski definition) is 15. The first-order chi connectivity index (χ1) is 32.1. The second-order valence-electron chi connectivity index (χ2n) is 15.2. The molecule has 0 aliphatic carbocycles. The number of thioether (sulfide) groups is 2. The van der Waals surface area contributed by atoms with Crippen LogP contribution in [0.1, 0.15) is 29.5 Å². The molecular weight excluding hydrogens is 891 g/mol. The molecule has 6 heterocycles. The van der Waals surface area contributed by atoms with Crippen molar-refractivity contribution < 1.29 is 37.5 Å². The van der Waals surface area contributed by atoms with E-state index >= 15 is 0 Å². The molecule has 0 unspecified atom stereocenters. The van der Waals surface area contributed by atoms with Crippen LogP contribution in [0.15, 0.2) is 101 Å². The van der Waals surface area contributed by atoms with E-state index in [9.17, 15) is 32.8 Å². The fourth-order valence-electron chi connectivity index (χ4n) is 7.29. The Morgan fingerprint density at radius 2 is 1.21 bits per heavy atom. The molecule has 9 rings (SSSR count). The molecule has 5 aromatic rings. The molecule has 4 aliphatic heterocycles. The second kappa shape index (κ2) is 21.3. The zero-order valence-electron chi connectivity index (χ0n) is 35.2. The number of carbonyl (C=O) groups excluding carboxylic acids is 5. The summed E-state index contributed by atoms with van der Waals surface area (Å²) in [7, 11) is 0. The van der Waals surface area contributed by atoms with Crippen molar-refractivity contribution in [3.8, 4) is 22.5 Å². The monoisotopic (exact) mass is 932 g/mol. The highest BCUT2D eigenvalue weighted by molar-refractivity contribution is 8.18. The molecule has 2 aromatic heterocycles. The van der Waals surface area contributed by atoms with Gasteiger partial charge in [0.15, 0.2) is 0 Å². The Morgan fingerprint density at radius 3 is 1.77 bits per heavy atom. The van der Waals surface area contributed by atoms with E-state index in [1.54, 1.807) is 41.6 Å². The third-order valence-electron chi connectivity index (χ3n) is 10.6. The van der Waals surface area contributed by atoms with Crippen molar-refractivity contribution in [2.75, 3.05) is 62.2 Å². The molecule has 3 N–H and O–H groups in total. The summed E-state index contributed by atoms with van der Waals surface area (Å²) in [6, 6.07) is 18.4. The maximum absolute atomic E-state index is 14.8. The summed E-state index contributed by atoms with van der Waals surface area (Å²) in [4.78, 5) is 83.1. The van der Waals surface area contributed by atoms with Crippen molar-refractivity contribution in [3.63, 3.8) is 0 Å². The predicted octanol–water partition coefficient (Wildman–Crippen LogP) is 6.86. The Balaban J connectivity index is 0.000000188. The Kier molecular flexibility index (Phi) is 14.7. The van der Waals surface area contributed by atoms with Crippen LogP contribution >= 0.6 is 23.5 Å². The van der Waals surface area contributed by atoms with Crippen LogP contribution in [0.5, 0.6) is 0 Å². The largest absolute Gasteiger partial charge is 0.445 e. The number of nitrogens with one attached hydrogen (secondary N) is 3. The van der Waals surface area contributed by atoms with Gasteiger partial charge in [-0.1, -0.05) is 42.5 Å². The highest BCUT2D eigenvalue weighted by Crippen LogP contribution is 2.31. The molecule has 20 heteroatoms. The van der Waals surface area contributed by atoms with Gasteiger partial charge < -0.3 is 24.8 Å². The van der Waals surface area contributed by atoms with Crippen molar-refractivity contribution in [2.45, 2.75) is 19.4 Å². The summed E-state index contributed by atoms with van der Waals surface area (Å²) in [5, 5.41) is 6.89. The fourth-order valence-corrected chi connectivity index (χ4v) is 8.66. The summed E-state index contributed by atoms with van der Waals surface area (Å²) in [6.07, 6.45) is 10.7. The summed E-state index contributed by atoms with van der Waals surface area (Å²) < 4.78 is 34.8. The first-order valence-corrected chi connectivity index (χ1v) is 22.6. The van der Waals surface area contributed by atoms with E-state index in [0.29, 0.717) is 72.3 Å². The number of amides is 5. The van der Waals surface area contributed by atoms with Crippen molar-refractivity contribution >= 4 is 75.7 Å². The molecule has 66 heavy (non-hydrogen) atoms. The third kappa shape index (κ3) is 11.6. The molecule has 3 aromatic carbocycles. The average Bonchev–Trinajstić information content (AvgIpc) is 3.56. The molecule has 4 aliphatic rings. The summed E-state index contributed by atoms with van der Waals surface area (Å²) >= 11 is 1.62. The Bertz CT molecular complexity index is 2720. The number of carbonyl (C=O) groups is 5. The van der Waals surface area contributed by atoms with Crippen LogP contribution in [0.4, 0.5) is 34.8 Å². The second-order valence-corrected chi connectivity index (χ2v) is 17.2. The topological polar surface area (TPSA) is 192 Å². The molecule has 338 valence electrons. The van der Waals surface area contributed by atoms with Crippen LogP contribution in [0.3, 0.4) is 0 Å². The smallest absolute Gasteiger partial charge is 0.410 e. The number of nitrogens with zero attached hydrogens (tertiary/aromatic N) is 7. The van der Waals surface area contributed by atoms with E-state index in [1.165, 1.54) is 36.7 Å². The SMILES string of the molecule is O=C1NC(=O)/C(=C/c2ccc(F)c(-c3cncc(N4CCCN(C(=O)OCc5ccccc5)CC4)n3)c2)S1.O=C1NC(=O)/C(=C/c2ccc(F)c(-c3cncc(N4CCCNCC4)n3)c2)S1. The molecule has 5 amide bonds. The fraction of sp³-hybridized carbons (Fsp3) is 0.239. The number of anilines is 2. The molecular formula is C46H42F2N10O6S2. The highest BCUT2D eigenvalue weighted by atomic mass is 32.2. The van der Waals surface area contributed by atoms with Gasteiger partial charge >= 0.3 is 6.09 Å². The van der Waals surface area contributed by atoms with Gasteiger partial charge in [-0.3, -0.25) is 39.8 Å². The molecule has 0 radical (unpaired) electrons. The van der Waals surface area contributed by atoms with Crippen molar-refractivity contribution in [3.05, 3.63) is 130 Å². The standard InChI is InChI=1S/C27H24FN5O4S.C19H18FN5O2S/c28-21-8-7-19(14-23-25(34)31-26(35)38-23)13-20(21)22-15-29-16-24(30-22)32-9-4-10-33(12-11-32)27(36)37-17-18-5-2-1-3-6-18;20-14-3-2-12(9-16-18(26)24-19(27)28-16)8-13(14)15-10-22-11-17(23-15)25-6-1-4-21-5-7-25/h1-3,5-8,13-16H,4,9-12,17H2,(H,31,34,35);2-3,8-11,21H,1,4-7H2,(H,24,26,27)/b23-14-;16-9-. The number of halogens is 2. The van der Waals surface area contributed by atoms with Gasteiger partial charge in [-0.2, -0.15) is 0 Å². The highest BCUT2D eigenvalue weighted by Gasteiger charge is 2.27. The molecule has 4 fully saturated rings. The van der Waals surface area contributed by atoms with Gasteiger partial charge in [0.25, 0.3) is 22.3 Å². The quantitative estimate of drug-likeness (QED) is 0.137. The first-order valence-electron chi connectivity index (χ1n) is 21.0. The van der Waals surface area contributed by atoms with E-state index in [0.717, 1.165) is 61.7 Å². The zero-order chi connectivity index (χ0) is 46.0. The third-order valence-corrected chi connectivity index (χ3v) is 12.2. The minimum Gasteiger partial charge on any atom is -0.445 e. The zero-order valence-corrected chi connectivity index (χ0v) is 36.9. The van der Waals surface area contributed by atoms with Crippen LogP contribution < -0.4 is 25.8 Å². The Hall–Kier alpha value is -7.03. The number of rotatable bonds is 8. The summed E-state index contributed by atoms with van der Waals surface area (Å²) in [5.41, 5.74) is 3.37. The molecule has 0 spiro atoms. The Morgan fingerprint density at radius 1 is 0.652 bits per heavy atom. The normalized spacial score (nSPS) is 17.8. The van der Waals surface area contributed by atoms with E-state index in [-0.39, 0.29) is 28.1 Å². The maximum atomic E-state index is 14.8. The van der Waals surface area contributed by atoms with Gasteiger partial charge in [0.1, 0.15) is 29.9 Å². The lowest BCUT2D eigenvalue weighted by Crippen LogP contribution is -2.35. The van der Waals surface area contributed by atoms with E-state index in [1.807, 2.05) is 35.2 Å². The van der Waals surface area contributed by atoms with Crippen LogP contribution in [0.25, 0.3) is 34.7 Å². The minimum absolute atomic E-state index is 0.217.